The van der Waals surface area contributed by atoms with Crippen molar-refractivity contribution in [2.24, 2.45) is 5.92 Å². The Morgan fingerprint density at radius 2 is 2.06 bits per heavy atom. The van der Waals surface area contributed by atoms with Gasteiger partial charge in [0.2, 0.25) is 0 Å². The Labute approximate surface area is 189 Å². The molecular formula is C24H32N4O2S. The van der Waals surface area contributed by atoms with Gasteiger partial charge in [0.15, 0.2) is 0 Å². The smallest absolute Gasteiger partial charge is 0.263 e. The third-order valence-corrected chi connectivity index (χ3v) is 7.19. The van der Waals surface area contributed by atoms with Gasteiger partial charge in [-0.2, -0.15) is 5.26 Å². The van der Waals surface area contributed by atoms with Crippen molar-refractivity contribution in [2.45, 2.75) is 52.0 Å². The summed E-state index contributed by atoms with van der Waals surface area (Å²) >= 11 is 1.37. The van der Waals surface area contributed by atoms with E-state index >= 15 is 0 Å². The summed E-state index contributed by atoms with van der Waals surface area (Å²) in [7, 11) is 4.18. The van der Waals surface area contributed by atoms with Gasteiger partial charge in [0.25, 0.3) is 5.91 Å². The molecule has 7 heteroatoms. The molecule has 1 fully saturated rings. The minimum Gasteiger partial charge on any atom is -0.492 e. The van der Waals surface area contributed by atoms with E-state index in [4.69, 9.17) is 4.74 Å². The van der Waals surface area contributed by atoms with Gasteiger partial charge in [-0.25, -0.2) is 4.98 Å². The lowest BCUT2D eigenvalue weighted by molar-refractivity contribution is 0.0903. The Kier molecular flexibility index (Phi) is 7.34. The normalized spacial score (nSPS) is 15.3. The highest BCUT2D eigenvalue weighted by Gasteiger charge is 2.36. The van der Waals surface area contributed by atoms with Crippen LogP contribution in [0.15, 0.2) is 18.2 Å². The van der Waals surface area contributed by atoms with E-state index in [0.29, 0.717) is 41.0 Å². The monoisotopic (exact) mass is 440 g/mol. The second-order valence-electron chi connectivity index (χ2n) is 8.97. The highest BCUT2D eigenvalue weighted by molar-refractivity contribution is 7.17. The van der Waals surface area contributed by atoms with Gasteiger partial charge in [-0.1, -0.05) is 26.7 Å². The molecule has 3 rings (SSSR count). The quantitative estimate of drug-likeness (QED) is 0.647. The fraction of sp³-hybridized carbons (Fsp3) is 0.542. The zero-order valence-corrected chi connectivity index (χ0v) is 19.9. The van der Waals surface area contributed by atoms with Crippen LogP contribution in [0.5, 0.6) is 5.75 Å². The Morgan fingerprint density at radius 3 is 2.68 bits per heavy atom. The Balaban J connectivity index is 1.76. The molecular weight excluding hydrogens is 408 g/mol. The van der Waals surface area contributed by atoms with Crippen LogP contribution in [0.3, 0.4) is 0 Å². The third kappa shape index (κ3) is 5.25. The van der Waals surface area contributed by atoms with Gasteiger partial charge < -0.3 is 15.0 Å². The topological polar surface area (TPSA) is 78.2 Å². The number of aryl methyl sites for hydroxylation is 1. The average Bonchev–Trinajstić information content (AvgIpc) is 3.38. The van der Waals surface area contributed by atoms with Crippen LogP contribution in [0.2, 0.25) is 0 Å². The van der Waals surface area contributed by atoms with E-state index in [-0.39, 0.29) is 11.4 Å². The molecule has 6 nitrogen and oxygen atoms in total. The Hall–Kier alpha value is -2.43. The SMILES string of the molecule is Cc1nc(-c2ccc(OCC(C)C)c(C#N)c2)sc1C(=O)NCC1(N(C)C)CCCC1. The molecule has 1 aliphatic rings. The van der Waals surface area contributed by atoms with Gasteiger partial charge in [-0.15, -0.1) is 11.3 Å². The molecule has 1 heterocycles. The molecule has 1 amide bonds. The molecule has 0 bridgehead atoms. The first-order chi connectivity index (χ1) is 14.8. The summed E-state index contributed by atoms with van der Waals surface area (Å²) in [4.78, 5) is 20.4. The zero-order valence-electron chi connectivity index (χ0n) is 19.1. The number of amides is 1. The molecule has 166 valence electrons. The highest BCUT2D eigenvalue weighted by atomic mass is 32.1. The first kappa shape index (κ1) is 23.2. The number of nitrogens with one attached hydrogen (secondary N) is 1. The lowest BCUT2D eigenvalue weighted by atomic mass is 9.96. The fourth-order valence-electron chi connectivity index (χ4n) is 4.00. The van der Waals surface area contributed by atoms with E-state index in [1.54, 1.807) is 6.07 Å². The number of hydrogen-bond donors (Lipinski definition) is 1. The number of carbonyl (C=O) groups is 1. The number of nitriles is 1. The average molecular weight is 441 g/mol. The maximum atomic E-state index is 12.9. The minimum atomic E-state index is -0.0771. The van der Waals surface area contributed by atoms with Crippen molar-refractivity contribution in [2.75, 3.05) is 27.2 Å². The van der Waals surface area contributed by atoms with Crippen LogP contribution >= 0.6 is 11.3 Å². The van der Waals surface area contributed by atoms with Crippen LogP contribution in [0.1, 0.15) is 60.5 Å². The largest absolute Gasteiger partial charge is 0.492 e. The molecule has 0 aliphatic heterocycles. The van der Waals surface area contributed by atoms with E-state index in [1.165, 1.54) is 24.2 Å². The molecule has 1 N–H and O–H groups in total. The third-order valence-electron chi connectivity index (χ3n) is 5.98. The van der Waals surface area contributed by atoms with Crippen molar-refractivity contribution in [3.63, 3.8) is 0 Å². The molecule has 0 spiro atoms. The van der Waals surface area contributed by atoms with E-state index in [1.807, 2.05) is 19.1 Å². The fourth-order valence-corrected chi connectivity index (χ4v) is 4.98. The number of hydrogen-bond acceptors (Lipinski definition) is 6. The second-order valence-corrected chi connectivity index (χ2v) is 9.97. The summed E-state index contributed by atoms with van der Waals surface area (Å²) in [5.41, 5.74) is 2.05. The van der Waals surface area contributed by atoms with Gasteiger partial charge in [0, 0.05) is 17.6 Å². The van der Waals surface area contributed by atoms with E-state index in [2.05, 4.69) is 49.2 Å². The number of thiazole rings is 1. The van der Waals surface area contributed by atoms with Gasteiger partial charge >= 0.3 is 0 Å². The molecule has 2 aromatic rings. The molecule has 1 aromatic heterocycles. The maximum Gasteiger partial charge on any atom is 0.263 e. The Morgan fingerprint density at radius 1 is 1.35 bits per heavy atom. The number of nitrogens with zero attached hydrogens (tertiary/aromatic N) is 3. The van der Waals surface area contributed by atoms with Crippen LogP contribution in [0, 0.1) is 24.2 Å². The zero-order chi connectivity index (χ0) is 22.6. The van der Waals surface area contributed by atoms with Crippen molar-refractivity contribution in [3.05, 3.63) is 34.3 Å². The molecule has 0 radical (unpaired) electrons. The first-order valence-electron chi connectivity index (χ1n) is 10.9. The van der Waals surface area contributed by atoms with Crippen molar-refractivity contribution in [1.82, 2.24) is 15.2 Å². The van der Waals surface area contributed by atoms with Crippen LogP contribution in [0.25, 0.3) is 10.6 Å². The van der Waals surface area contributed by atoms with Crippen LogP contribution < -0.4 is 10.1 Å². The van der Waals surface area contributed by atoms with Gasteiger partial charge in [0.05, 0.1) is 17.9 Å². The lowest BCUT2D eigenvalue weighted by Gasteiger charge is -2.36. The lowest BCUT2D eigenvalue weighted by Crippen LogP contribution is -2.50. The molecule has 1 aliphatic carbocycles. The van der Waals surface area contributed by atoms with Gasteiger partial charge in [-0.05, 0) is 58.0 Å². The summed E-state index contributed by atoms with van der Waals surface area (Å²) in [6.07, 6.45) is 4.62. The van der Waals surface area contributed by atoms with E-state index in [9.17, 15) is 10.1 Å². The summed E-state index contributed by atoms with van der Waals surface area (Å²) < 4.78 is 5.75. The summed E-state index contributed by atoms with van der Waals surface area (Å²) in [5.74, 6) is 0.883. The molecule has 31 heavy (non-hydrogen) atoms. The molecule has 1 aromatic carbocycles. The van der Waals surface area contributed by atoms with Crippen LogP contribution in [-0.4, -0.2) is 48.6 Å². The molecule has 0 saturated heterocycles. The number of aromatic nitrogens is 1. The highest BCUT2D eigenvalue weighted by Crippen LogP contribution is 2.34. The number of benzene rings is 1. The number of ether oxygens (including phenoxy) is 1. The van der Waals surface area contributed by atoms with Gasteiger partial charge in [0.1, 0.15) is 21.7 Å². The standard InChI is InChI=1S/C24H32N4O2S/c1-16(2)14-30-20-9-8-18(12-19(20)13-25)23-27-17(3)21(31-23)22(29)26-15-24(28(4)5)10-6-7-11-24/h8-9,12,16H,6-7,10-11,14-15H2,1-5H3,(H,26,29). The maximum absolute atomic E-state index is 12.9. The van der Waals surface area contributed by atoms with Gasteiger partial charge in [-0.3, -0.25) is 4.79 Å². The van der Waals surface area contributed by atoms with Crippen molar-refractivity contribution < 1.29 is 9.53 Å². The number of carbonyl (C=O) groups excluding carboxylic acids is 1. The minimum absolute atomic E-state index is 0.0462. The Bertz CT molecular complexity index is 968. The second kappa shape index (κ2) is 9.80. The molecule has 0 atom stereocenters. The summed E-state index contributed by atoms with van der Waals surface area (Å²) in [5, 5.41) is 13.4. The summed E-state index contributed by atoms with van der Waals surface area (Å²) in [6, 6.07) is 7.71. The summed E-state index contributed by atoms with van der Waals surface area (Å²) in [6.45, 7) is 7.20. The van der Waals surface area contributed by atoms with Crippen LogP contribution in [0.4, 0.5) is 0 Å². The molecule has 0 unspecified atom stereocenters. The first-order valence-corrected chi connectivity index (χ1v) is 11.7. The molecule has 1 saturated carbocycles. The van der Waals surface area contributed by atoms with E-state index < -0.39 is 0 Å². The van der Waals surface area contributed by atoms with E-state index in [0.717, 1.165) is 23.4 Å². The number of rotatable bonds is 8. The predicted octanol–water partition coefficient (Wildman–Crippen LogP) is 4.63. The number of likely N-dealkylation sites (N-methyl/N-ethyl adjacent to an activating group) is 1. The van der Waals surface area contributed by atoms with Crippen molar-refractivity contribution in [1.29, 1.82) is 5.26 Å². The van der Waals surface area contributed by atoms with Crippen molar-refractivity contribution >= 4 is 17.2 Å². The van der Waals surface area contributed by atoms with Crippen LogP contribution in [-0.2, 0) is 0 Å². The predicted molar refractivity (Wildman–Crippen MR) is 125 cm³/mol. The van der Waals surface area contributed by atoms with Crippen molar-refractivity contribution in [3.8, 4) is 22.4 Å².